The van der Waals surface area contributed by atoms with Crippen LogP contribution in [0.3, 0.4) is 0 Å². The molecule has 0 fully saturated rings. The van der Waals surface area contributed by atoms with Crippen LogP contribution >= 0.6 is 0 Å². The highest BCUT2D eigenvalue weighted by molar-refractivity contribution is 6.00. The number of benzene rings is 2. The quantitative estimate of drug-likeness (QED) is 0.633. The number of Topliss-reactive ketones (excluding diaryl/α,β-unsaturated/α-hetero) is 1. The fourth-order valence-electron chi connectivity index (χ4n) is 2.64. The molecular formula is C21H26O4. The van der Waals surface area contributed by atoms with Crippen molar-refractivity contribution < 1.29 is 19.0 Å². The van der Waals surface area contributed by atoms with E-state index in [1.165, 1.54) is 19.6 Å². The highest BCUT2D eigenvalue weighted by Crippen LogP contribution is 2.35. The molecule has 134 valence electrons. The predicted octanol–water partition coefficient (Wildman–Crippen LogP) is 5.00. The van der Waals surface area contributed by atoms with Crippen LogP contribution in [0.25, 0.3) is 0 Å². The summed E-state index contributed by atoms with van der Waals surface area (Å²) in [7, 11) is 3.10. The molecule has 0 aromatic heterocycles. The molecule has 0 heterocycles. The molecule has 0 radical (unpaired) electrons. The molecule has 1 unspecified atom stereocenters. The fourth-order valence-corrected chi connectivity index (χ4v) is 2.64. The first-order valence-electron chi connectivity index (χ1n) is 8.48. The van der Waals surface area contributed by atoms with Gasteiger partial charge in [0.2, 0.25) is 0 Å². The van der Waals surface area contributed by atoms with Crippen molar-refractivity contribution in [1.82, 2.24) is 0 Å². The lowest BCUT2D eigenvalue weighted by atomic mass is 9.98. The van der Waals surface area contributed by atoms with Gasteiger partial charge in [0.25, 0.3) is 0 Å². The zero-order chi connectivity index (χ0) is 18.4. The van der Waals surface area contributed by atoms with Gasteiger partial charge >= 0.3 is 0 Å². The Kier molecular flexibility index (Phi) is 6.45. The maximum Gasteiger partial charge on any atom is 0.167 e. The van der Waals surface area contributed by atoms with Gasteiger partial charge in [0.15, 0.2) is 5.78 Å². The highest BCUT2D eigenvalue weighted by Gasteiger charge is 2.17. The largest absolute Gasteiger partial charge is 0.496 e. The number of ketones is 1. The van der Waals surface area contributed by atoms with Crippen molar-refractivity contribution in [2.45, 2.75) is 39.7 Å². The molecule has 4 heteroatoms. The van der Waals surface area contributed by atoms with E-state index >= 15 is 0 Å². The summed E-state index contributed by atoms with van der Waals surface area (Å²) in [6.45, 7) is 6.27. The molecule has 0 N–H and O–H groups in total. The van der Waals surface area contributed by atoms with E-state index in [4.69, 9.17) is 14.2 Å². The van der Waals surface area contributed by atoms with Crippen molar-refractivity contribution in [2.75, 3.05) is 14.2 Å². The van der Waals surface area contributed by atoms with Crippen LogP contribution in [-0.2, 0) is 6.61 Å². The lowest BCUT2D eigenvalue weighted by molar-refractivity contribution is 0.101. The first-order chi connectivity index (χ1) is 12.0. The van der Waals surface area contributed by atoms with Gasteiger partial charge in [0.1, 0.15) is 29.4 Å². The second kappa shape index (κ2) is 8.56. The van der Waals surface area contributed by atoms with Gasteiger partial charge in [-0.15, -0.1) is 0 Å². The highest BCUT2D eigenvalue weighted by atomic mass is 16.5. The second-order valence-electron chi connectivity index (χ2n) is 6.10. The van der Waals surface area contributed by atoms with Crippen LogP contribution < -0.4 is 14.2 Å². The first-order valence-corrected chi connectivity index (χ1v) is 8.48. The third-order valence-corrected chi connectivity index (χ3v) is 4.40. The zero-order valence-electron chi connectivity index (χ0n) is 15.6. The van der Waals surface area contributed by atoms with Crippen LogP contribution in [0, 0.1) is 0 Å². The van der Waals surface area contributed by atoms with E-state index in [1.807, 2.05) is 0 Å². The fraction of sp³-hybridized carbons (Fsp3) is 0.381. The summed E-state index contributed by atoms with van der Waals surface area (Å²) < 4.78 is 16.5. The topological polar surface area (TPSA) is 44.8 Å². The second-order valence-corrected chi connectivity index (χ2v) is 6.10. The van der Waals surface area contributed by atoms with Gasteiger partial charge < -0.3 is 14.2 Å². The van der Waals surface area contributed by atoms with Gasteiger partial charge in [0.05, 0.1) is 14.2 Å². The number of hydrogen-bond acceptors (Lipinski definition) is 4. The maximum atomic E-state index is 12.0. The summed E-state index contributed by atoms with van der Waals surface area (Å²) >= 11 is 0. The van der Waals surface area contributed by atoms with Gasteiger partial charge in [-0.25, -0.2) is 0 Å². The molecule has 0 saturated heterocycles. The zero-order valence-corrected chi connectivity index (χ0v) is 15.6. The minimum atomic E-state index is -0.110. The van der Waals surface area contributed by atoms with Crippen molar-refractivity contribution >= 4 is 5.78 Å². The lowest BCUT2D eigenvalue weighted by Gasteiger charge is -2.15. The van der Waals surface area contributed by atoms with Crippen molar-refractivity contribution in [1.29, 1.82) is 0 Å². The minimum absolute atomic E-state index is 0.110. The number of ether oxygens (including phenoxy) is 3. The molecule has 0 aliphatic heterocycles. The summed E-state index contributed by atoms with van der Waals surface area (Å²) in [6, 6.07) is 11.8. The number of carbonyl (C=O) groups is 1. The summed E-state index contributed by atoms with van der Waals surface area (Å²) in [5.74, 6) is 1.94. The molecule has 4 nitrogen and oxygen atoms in total. The predicted molar refractivity (Wildman–Crippen MR) is 99.0 cm³/mol. The molecule has 0 saturated carbocycles. The average molecular weight is 342 g/mol. The third kappa shape index (κ3) is 4.53. The Balaban J connectivity index is 2.23. The number of carbonyl (C=O) groups excluding carboxylic acids is 1. The van der Waals surface area contributed by atoms with Gasteiger partial charge in [-0.05, 0) is 30.4 Å². The Morgan fingerprint density at radius 1 is 1.04 bits per heavy atom. The van der Waals surface area contributed by atoms with E-state index in [2.05, 4.69) is 38.1 Å². The van der Waals surface area contributed by atoms with Gasteiger partial charge in [-0.1, -0.05) is 38.1 Å². The molecular weight excluding hydrogens is 316 g/mol. The van der Waals surface area contributed by atoms with Crippen molar-refractivity contribution in [3.05, 3.63) is 53.1 Å². The molecule has 2 aromatic rings. The summed E-state index contributed by atoms with van der Waals surface area (Å²) in [5, 5.41) is 0. The van der Waals surface area contributed by atoms with Crippen LogP contribution in [0.2, 0.25) is 0 Å². The molecule has 0 spiro atoms. The van der Waals surface area contributed by atoms with E-state index in [-0.39, 0.29) is 5.78 Å². The monoisotopic (exact) mass is 342 g/mol. The van der Waals surface area contributed by atoms with E-state index in [0.29, 0.717) is 35.3 Å². The summed E-state index contributed by atoms with van der Waals surface area (Å²) in [4.78, 5) is 12.0. The SMILES string of the molecule is CCC(C)c1ccc(COc2cc(OC)cc(OC)c2C(C)=O)cc1. The standard InChI is InChI=1S/C21H26O4/c1-6-14(2)17-9-7-16(8-10-17)13-25-20-12-18(23-4)11-19(24-5)21(20)15(3)22/h7-12,14H,6,13H2,1-5H3. The molecule has 2 aromatic carbocycles. The molecule has 0 amide bonds. The van der Waals surface area contributed by atoms with Gasteiger partial charge in [-0.3, -0.25) is 4.79 Å². The molecule has 2 rings (SSSR count). The molecule has 0 bridgehead atoms. The van der Waals surface area contributed by atoms with Crippen LogP contribution in [0.4, 0.5) is 0 Å². The first kappa shape index (κ1) is 18.8. The Hall–Kier alpha value is -2.49. The van der Waals surface area contributed by atoms with E-state index in [9.17, 15) is 4.79 Å². The summed E-state index contributed by atoms with van der Waals surface area (Å²) in [5.41, 5.74) is 2.79. The van der Waals surface area contributed by atoms with Crippen molar-refractivity contribution in [3.8, 4) is 17.2 Å². The molecule has 1 atom stereocenters. The molecule has 0 aliphatic rings. The number of methoxy groups -OCH3 is 2. The Bertz CT molecular complexity index is 719. The van der Waals surface area contributed by atoms with Crippen molar-refractivity contribution in [2.24, 2.45) is 0 Å². The van der Waals surface area contributed by atoms with Crippen LogP contribution in [0.1, 0.15) is 54.6 Å². The normalized spacial score (nSPS) is 11.7. The maximum absolute atomic E-state index is 12.0. The van der Waals surface area contributed by atoms with E-state index in [0.717, 1.165) is 12.0 Å². The van der Waals surface area contributed by atoms with Gasteiger partial charge in [-0.2, -0.15) is 0 Å². The Labute approximate surface area is 149 Å². The average Bonchev–Trinajstić information content (AvgIpc) is 2.64. The van der Waals surface area contributed by atoms with E-state index < -0.39 is 0 Å². The summed E-state index contributed by atoms with van der Waals surface area (Å²) in [6.07, 6.45) is 1.11. The smallest absolute Gasteiger partial charge is 0.167 e. The minimum Gasteiger partial charge on any atom is -0.496 e. The van der Waals surface area contributed by atoms with E-state index in [1.54, 1.807) is 19.2 Å². The number of rotatable bonds is 8. The van der Waals surface area contributed by atoms with Crippen LogP contribution in [0.15, 0.2) is 36.4 Å². The Morgan fingerprint density at radius 2 is 1.68 bits per heavy atom. The lowest BCUT2D eigenvalue weighted by Crippen LogP contribution is -2.05. The van der Waals surface area contributed by atoms with Crippen LogP contribution in [-0.4, -0.2) is 20.0 Å². The molecule has 0 aliphatic carbocycles. The number of hydrogen-bond donors (Lipinski definition) is 0. The Morgan fingerprint density at radius 3 is 2.20 bits per heavy atom. The van der Waals surface area contributed by atoms with Gasteiger partial charge in [0, 0.05) is 12.1 Å². The van der Waals surface area contributed by atoms with Crippen molar-refractivity contribution in [3.63, 3.8) is 0 Å². The molecule has 25 heavy (non-hydrogen) atoms. The van der Waals surface area contributed by atoms with Crippen LogP contribution in [0.5, 0.6) is 17.2 Å². The third-order valence-electron chi connectivity index (χ3n) is 4.40.